The molecule has 21 heavy (non-hydrogen) atoms. The van der Waals surface area contributed by atoms with E-state index in [1.165, 1.54) is 0 Å². The third-order valence-corrected chi connectivity index (χ3v) is 3.37. The average Bonchev–Trinajstić information content (AvgIpc) is 2.81. The summed E-state index contributed by atoms with van der Waals surface area (Å²) in [6.45, 7) is 0. The number of hydrogen-bond acceptors (Lipinski definition) is 6. The summed E-state index contributed by atoms with van der Waals surface area (Å²) in [7, 11) is 0. The monoisotopic (exact) mass is 312 g/mol. The van der Waals surface area contributed by atoms with Crippen LogP contribution in [0.3, 0.4) is 0 Å². The van der Waals surface area contributed by atoms with Crippen molar-refractivity contribution in [2.24, 2.45) is 0 Å². The second kappa shape index (κ2) is 4.88. The SMILES string of the molecule is Nc1nc(Sc2nnc3ccccn23)cc(C(F)(F)F)n1. The van der Waals surface area contributed by atoms with Crippen LogP contribution in [0.15, 0.2) is 40.6 Å². The van der Waals surface area contributed by atoms with Gasteiger partial charge in [-0.1, -0.05) is 6.07 Å². The van der Waals surface area contributed by atoms with Crippen molar-refractivity contribution in [3.63, 3.8) is 0 Å². The third-order valence-electron chi connectivity index (χ3n) is 2.49. The molecule has 0 atom stereocenters. The number of hydrogen-bond donors (Lipinski definition) is 1. The Kier molecular flexibility index (Phi) is 3.16. The predicted octanol–water partition coefficient (Wildman–Crippen LogP) is 2.27. The van der Waals surface area contributed by atoms with Crippen molar-refractivity contribution >= 4 is 23.4 Å². The minimum atomic E-state index is -4.58. The van der Waals surface area contributed by atoms with Gasteiger partial charge in [0, 0.05) is 12.3 Å². The summed E-state index contributed by atoms with van der Waals surface area (Å²) in [6.07, 6.45) is -2.88. The van der Waals surface area contributed by atoms with E-state index < -0.39 is 17.8 Å². The number of anilines is 1. The number of pyridine rings is 1. The first-order valence-corrected chi connectivity index (χ1v) is 6.44. The minimum Gasteiger partial charge on any atom is -0.368 e. The minimum absolute atomic E-state index is 0.0491. The molecule has 3 aromatic heterocycles. The van der Waals surface area contributed by atoms with Gasteiger partial charge in [-0.25, -0.2) is 9.97 Å². The second-order valence-corrected chi connectivity index (χ2v) is 4.95. The van der Waals surface area contributed by atoms with Gasteiger partial charge in [-0.3, -0.25) is 4.40 Å². The zero-order valence-corrected chi connectivity index (χ0v) is 11.1. The zero-order valence-electron chi connectivity index (χ0n) is 10.2. The molecule has 0 aliphatic carbocycles. The lowest BCUT2D eigenvalue weighted by Gasteiger charge is -2.07. The smallest absolute Gasteiger partial charge is 0.368 e. The third kappa shape index (κ3) is 2.75. The van der Waals surface area contributed by atoms with Crippen LogP contribution in [0.25, 0.3) is 5.65 Å². The molecule has 3 heterocycles. The lowest BCUT2D eigenvalue weighted by Crippen LogP contribution is -2.11. The summed E-state index contributed by atoms with van der Waals surface area (Å²) >= 11 is 0.926. The Hall–Kier alpha value is -2.36. The van der Waals surface area contributed by atoms with E-state index in [-0.39, 0.29) is 5.03 Å². The van der Waals surface area contributed by atoms with Gasteiger partial charge in [-0.15, -0.1) is 10.2 Å². The number of rotatable bonds is 2. The van der Waals surface area contributed by atoms with Gasteiger partial charge >= 0.3 is 6.18 Å². The molecule has 10 heteroatoms. The molecule has 0 saturated heterocycles. The fraction of sp³-hybridized carbons (Fsp3) is 0.0909. The summed E-state index contributed by atoms with van der Waals surface area (Å²) in [5.74, 6) is -0.443. The molecule has 0 aliphatic rings. The summed E-state index contributed by atoms with van der Waals surface area (Å²) in [5.41, 5.74) is 4.81. The van der Waals surface area contributed by atoms with E-state index in [0.29, 0.717) is 10.8 Å². The number of aromatic nitrogens is 5. The van der Waals surface area contributed by atoms with E-state index >= 15 is 0 Å². The first kappa shape index (κ1) is 13.6. The van der Waals surface area contributed by atoms with Crippen LogP contribution in [0.1, 0.15) is 5.69 Å². The Morgan fingerprint density at radius 1 is 1.14 bits per heavy atom. The average molecular weight is 312 g/mol. The molecule has 0 fully saturated rings. The number of nitrogen functional groups attached to an aromatic ring is 1. The van der Waals surface area contributed by atoms with E-state index in [2.05, 4.69) is 20.2 Å². The highest BCUT2D eigenvalue weighted by atomic mass is 32.2. The molecule has 3 aromatic rings. The van der Waals surface area contributed by atoms with Gasteiger partial charge in [-0.05, 0) is 23.9 Å². The number of nitrogens with two attached hydrogens (primary N) is 1. The highest BCUT2D eigenvalue weighted by molar-refractivity contribution is 7.99. The van der Waals surface area contributed by atoms with Crippen LogP contribution in [0.2, 0.25) is 0 Å². The Morgan fingerprint density at radius 2 is 1.95 bits per heavy atom. The molecule has 0 bridgehead atoms. The van der Waals surface area contributed by atoms with Gasteiger partial charge in [0.25, 0.3) is 0 Å². The zero-order chi connectivity index (χ0) is 15.0. The lowest BCUT2D eigenvalue weighted by molar-refractivity contribution is -0.141. The second-order valence-electron chi connectivity index (χ2n) is 3.96. The number of alkyl halides is 3. The maximum atomic E-state index is 12.7. The van der Waals surface area contributed by atoms with E-state index in [4.69, 9.17) is 5.73 Å². The van der Waals surface area contributed by atoms with Crippen molar-refractivity contribution in [2.75, 3.05) is 5.73 Å². The van der Waals surface area contributed by atoms with Gasteiger partial charge in [0.1, 0.15) is 5.03 Å². The van der Waals surface area contributed by atoms with Crippen LogP contribution >= 0.6 is 11.8 Å². The lowest BCUT2D eigenvalue weighted by atomic mass is 10.4. The van der Waals surface area contributed by atoms with Crippen LogP contribution in [0.4, 0.5) is 19.1 Å². The number of fused-ring (bicyclic) bond motifs is 1. The molecule has 0 spiro atoms. The van der Waals surface area contributed by atoms with Gasteiger partial charge in [0.15, 0.2) is 11.3 Å². The topological polar surface area (TPSA) is 82.0 Å². The highest BCUT2D eigenvalue weighted by Crippen LogP contribution is 2.32. The molecule has 2 N–H and O–H groups in total. The molecule has 0 saturated carbocycles. The Labute approximate surface area is 120 Å². The summed E-state index contributed by atoms with van der Waals surface area (Å²) in [4.78, 5) is 6.96. The maximum Gasteiger partial charge on any atom is 0.433 e. The molecule has 0 amide bonds. The normalized spacial score (nSPS) is 12.0. The van der Waals surface area contributed by atoms with Gasteiger partial charge < -0.3 is 5.73 Å². The predicted molar refractivity (Wildman–Crippen MR) is 68.6 cm³/mol. The molecular weight excluding hydrogens is 305 g/mol. The Balaban J connectivity index is 2.00. The van der Waals surface area contributed by atoms with Gasteiger partial charge in [-0.2, -0.15) is 13.2 Å². The first-order chi connectivity index (χ1) is 9.93. The van der Waals surface area contributed by atoms with Crippen molar-refractivity contribution in [2.45, 2.75) is 16.4 Å². The van der Waals surface area contributed by atoms with Crippen LogP contribution in [-0.4, -0.2) is 24.6 Å². The number of nitrogens with zero attached hydrogens (tertiary/aromatic N) is 5. The fourth-order valence-corrected chi connectivity index (χ4v) is 2.45. The Morgan fingerprint density at radius 3 is 2.71 bits per heavy atom. The van der Waals surface area contributed by atoms with E-state index in [9.17, 15) is 13.2 Å². The summed E-state index contributed by atoms with van der Waals surface area (Å²) in [6, 6.07) is 6.09. The van der Waals surface area contributed by atoms with Crippen molar-refractivity contribution in [3.05, 3.63) is 36.2 Å². The molecule has 0 aliphatic heterocycles. The largest absolute Gasteiger partial charge is 0.433 e. The number of halogens is 3. The van der Waals surface area contributed by atoms with Crippen molar-refractivity contribution < 1.29 is 13.2 Å². The van der Waals surface area contributed by atoms with Crippen molar-refractivity contribution in [1.82, 2.24) is 24.6 Å². The molecular formula is C11H7F3N6S. The maximum absolute atomic E-state index is 12.7. The Bertz CT molecular complexity index is 800. The van der Waals surface area contributed by atoms with E-state index in [1.807, 2.05) is 0 Å². The van der Waals surface area contributed by atoms with Crippen LogP contribution in [0, 0.1) is 0 Å². The van der Waals surface area contributed by atoms with E-state index in [1.54, 1.807) is 28.8 Å². The van der Waals surface area contributed by atoms with Crippen LogP contribution < -0.4 is 5.73 Å². The van der Waals surface area contributed by atoms with Crippen LogP contribution in [-0.2, 0) is 6.18 Å². The van der Waals surface area contributed by atoms with Gasteiger partial charge in [0.2, 0.25) is 11.1 Å². The van der Waals surface area contributed by atoms with Crippen molar-refractivity contribution in [1.29, 1.82) is 0 Å². The first-order valence-electron chi connectivity index (χ1n) is 5.63. The molecule has 3 rings (SSSR count). The molecule has 0 radical (unpaired) electrons. The fourth-order valence-electron chi connectivity index (χ4n) is 1.62. The highest BCUT2D eigenvalue weighted by Gasteiger charge is 2.33. The standard InChI is InChI=1S/C11H7F3N6S/c12-11(13,14)6-5-8(17-9(15)16-6)21-10-19-18-7-3-1-2-4-20(7)10/h1-5H,(H2,15,16,17). The molecule has 0 unspecified atom stereocenters. The van der Waals surface area contributed by atoms with E-state index in [0.717, 1.165) is 17.8 Å². The summed E-state index contributed by atoms with van der Waals surface area (Å²) in [5, 5.41) is 8.24. The molecule has 6 nitrogen and oxygen atoms in total. The van der Waals surface area contributed by atoms with Crippen molar-refractivity contribution in [3.8, 4) is 0 Å². The summed E-state index contributed by atoms with van der Waals surface area (Å²) < 4.78 is 39.7. The molecule has 108 valence electrons. The van der Waals surface area contributed by atoms with Crippen LogP contribution in [0.5, 0.6) is 0 Å². The molecule has 0 aromatic carbocycles. The van der Waals surface area contributed by atoms with Gasteiger partial charge in [0.05, 0.1) is 0 Å². The quantitative estimate of drug-likeness (QED) is 0.731.